The number of rotatable bonds is 1. The van der Waals surface area contributed by atoms with Gasteiger partial charge >= 0.3 is 6.18 Å². The van der Waals surface area contributed by atoms with Gasteiger partial charge in [-0.05, 0) is 24.1 Å². The average molecular weight is 295 g/mol. The molecule has 0 saturated carbocycles. The fourth-order valence-corrected chi connectivity index (χ4v) is 2.51. The molecular weight excluding hydrogens is 286 g/mol. The topological polar surface area (TPSA) is 30.0 Å². The van der Waals surface area contributed by atoms with Crippen LogP contribution in [0.1, 0.15) is 27.9 Å². The summed E-state index contributed by atoms with van der Waals surface area (Å²) >= 11 is 0. The summed E-state index contributed by atoms with van der Waals surface area (Å²) < 4.78 is 51.7. The molecule has 0 unspecified atom stereocenters. The third kappa shape index (κ3) is 2.30. The molecular formula is C15H9F4NO. The molecule has 2 aromatic rings. The average Bonchev–Trinajstić information content (AvgIpc) is 2.80. The van der Waals surface area contributed by atoms with Crippen LogP contribution in [0.15, 0.2) is 30.6 Å². The number of hydrogen-bond donors (Lipinski definition) is 0. The van der Waals surface area contributed by atoms with Crippen LogP contribution in [0.25, 0.3) is 11.1 Å². The molecule has 0 aliphatic heterocycles. The van der Waals surface area contributed by atoms with Crippen LogP contribution in [-0.2, 0) is 12.6 Å². The Labute approximate surface area is 117 Å². The summed E-state index contributed by atoms with van der Waals surface area (Å²) in [7, 11) is 0. The summed E-state index contributed by atoms with van der Waals surface area (Å²) in [5.74, 6) is -1.15. The standard InChI is InChI=1S/C15H9F4NO/c16-12-5-9(15(17,18)19)2-3-10(12)11-7-20-6-8-1-4-13(21)14(8)11/h2-3,5-7H,1,4H2. The Morgan fingerprint density at radius 1 is 1.05 bits per heavy atom. The lowest BCUT2D eigenvalue weighted by Gasteiger charge is -2.11. The number of alkyl halides is 3. The molecule has 0 saturated heterocycles. The third-order valence-corrected chi connectivity index (χ3v) is 3.51. The zero-order valence-corrected chi connectivity index (χ0v) is 10.7. The van der Waals surface area contributed by atoms with Gasteiger partial charge < -0.3 is 0 Å². The van der Waals surface area contributed by atoms with Gasteiger partial charge in [-0.2, -0.15) is 13.2 Å². The summed E-state index contributed by atoms with van der Waals surface area (Å²) in [5.41, 5.74) is 0.222. The molecule has 1 aliphatic carbocycles. The van der Waals surface area contributed by atoms with E-state index in [1.165, 1.54) is 12.4 Å². The van der Waals surface area contributed by atoms with Crippen LogP contribution in [0.5, 0.6) is 0 Å². The summed E-state index contributed by atoms with van der Waals surface area (Å²) in [5, 5.41) is 0. The molecule has 6 heteroatoms. The number of nitrogens with zero attached hydrogens (tertiary/aromatic N) is 1. The maximum absolute atomic E-state index is 14.0. The van der Waals surface area contributed by atoms with Gasteiger partial charge in [0.15, 0.2) is 5.78 Å². The van der Waals surface area contributed by atoms with Crippen molar-refractivity contribution in [2.45, 2.75) is 19.0 Å². The van der Waals surface area contributed by atoms with Crippen LogP contribution in [0.2, 0.25) is 0 Å². The van der Waals surface area contributed by atoms with Crippen LogP contribution in [0.3, 0.4) is 0 Å². The normalized spacial score (nSPS) is 14.4. The number of aromatic nitrogens is 1. The van der Waals surface area contributed by atoms with Gasteiger partial charge in [-0.3, -0.25) is 9.78 Å². The first-order valence-electron chi connectivity index (χ1n) is 6.25. The van der Waals surface area contributed by atoms with Crippen molar-refractivity contribution in [3.8, 4) is 11.1 Å². The molecule has 0 fully saturated rings. The number of aryl methyl sites for hydroxylation is 1. The van der Waals surface area contributed by atoms with Gasteiger partial charge in [-0.25, -0.2) is 4.39 Å². The number of pyridine rings is 1. The summed E-state index contributed by atoms with van der Waals surface area (Å²) in [6.07, 6.45) is -0.918. The van der Waals surface area contributed by atoms with E-state index in [0.29, 0.717) is 30.0 Å². The van der Waals surface area contributed by atoms with Gasteiger partial charge in [0.25, 0.3) is 0 Å². The quantitative estimate of drug-likeness (QED) is 0.743. The number of benzene rings is 1. The van der Waals surface area contributed by atoms with Crippen molar-refractivity contribution in [2.75, 3.05) is 0 Å². The number of ketones is 1. The first-order chi connectivity index (χ1) is 9.88. The van der Waals surface area contributed by atoms with Crippen LogP contribution in [-0.4, -0.2) is 10.8 Å². The second kappa shape index (κ2) is 4.65. The molecule has 21 heavy (non-hydrogen) atoms. The summed E-state index contributed by atoms with van der Waals surface area (Å²) in [4.78, 5) is 15.8. The fraction of sp³-hybridized carbons (Fsp3) is 0.200. The number of carbonyl (C=O) groups is 1. The lowest BCUT2D eigenvalue weighted by atomic mass is 9.97. The van der Waals surface area contributed by atoms with E-state index in [0.717, 1.165) is 12.1 Å². The predicted octanol–water partition coefficient (Wildman–Crippen LogP) is 4.04. The first-order valence-corrected chi connectivity index (χ1v) is 6.25. The molecule has 1 aliphatic rings. The minimum Gasteiger partial charge on any atom is -0.294 e. The smallest absolute Gasteiger partial charge is 0.294 e. The van der Waals surface area contributed by atoms with Crippen molar-refractivity contribution >= 4 is 5.78 Å². The van der Waals surface area contributed by atoms with E-state index in [9.17, 15) is 22.4 Å². The summed E-state index contributed by atoms with van der Waals surface area (Å²) in [6.45, 7) is 0. The van der Waals surface area contributed by atoms with E-state index in [1.807, 2.05) is 0 Å². The third-order valence-electron chi connectivity index (χ3n) is 3.51. The minimum atomic E-state index is -4.61. The molecule has 2 nitrogen and oxygen atoms in total. The second-order valence-electron chi connectivity index (χ2n) is 4.84. The maximum atomic E-state index is 14.0. The molecule has 0 bridgehead atoms. The Morgan fingerprint density at radius 2 is 1.81 bits per heavy atom. The number of hydrogen-bond acceptors (Lipinski definition) is 2. The van der Waals surface area contributed by atoms with Gasteiger partial charge in [0.1, 0.15) is 5.82 Å². The SMILES string of the molecule is O=C1CCc2cncc(-c3ccc(C(F)(F)F)cc3F)c21. The minimum absolute atomic E-state index is 0.0393. The fourth-order valence-electron chi connectivity index (χ4n) is 2.51. The van der Waals surface area contributed by atoms with Crippen molar-refractivity contribution in [3.63, 3.8) is 0 Å². The van der Waals surface area contributed by atoms with Gasteiger partial charge in [0.2, 0.25) is 0 Å². The highest BCUT2D eigenvalue weighted by atomic mass is 19.4. The first kappa shape index (κ1) is 13.7. The van der Waals surface area contributed by atoms with E-state index in [2.05, 4.69) is 4.98 Å². The van der Waals surface area contributed by atoms with Crippen LogP contribution in [0, 0.1) is 5.82 Å². The molecule has 0 N–H and O–H groups in total. The van der Waals surface area contributed by atoms with Gasteiger partial charge in [-0.1, -0.05) is 6.07 Å². The number of fused-ring (bicyclic) bond motifs is 1. The van der Waals surface area contributed by atoms with E-state index in [1.54, 1.807) is 0 Å². The molecule has 0 radical (unpaired) electrons. The lowest BCUT2D eigenvalue weighted by molar-refractivity contribution is -0.137. The van der Waals surface area contributed by atoms with Crippen LogP contribution < -0.4 is 0 Å². The summed E-state index contributed by atoms with van der Waals surface area (Å²) in [6, 6.07) is 2.28. The molecule has 108 valence electrons. The largest absolute Gasteiger partial charge is 0.416 e. The Balaban J connectivity index is 2.15. The molecule has 1 aromatic heterocycles. The molecule has 1 heterocycles. The van der Waals surface area contributed by atoms with E-state index in [-0.39, 0.29) is 16.9 Å². The highest BCUT2D eigenvalue weighted by molar-refractivity contribution is 6.06. The molecule has 0 atom stereocenters. The van der Waals surface area contributed by atoms with Crippen molar-refractivity contribution in [1.82, 2.24) is 4.98 Å². The van der Waals surface area contributed by atoms with Crippen molar-refractivity contribution in [1.29, 1.82) is 0 Å². The molecule has 3 rings (SSSR count). The zero-order chi connectivity index (χ0) is 15.2. The van der Waals surface area contributed by atoms with Crippen molar-refractivity contribution in [3.05, 3.63) is 53.1 Å². The molecule has 0 amide bonds. The van der Waals surface area contributed by atoms with Gasteiger partial charge in [0.05, 0.1) is 5.56 Å². The van der Waals surface area contributed by atoms with E-state index < -0.39 is 17.6 Å². The highest BCUT2D eigenvalue weighted by Crippen LogP contribution is 2.36. The second-order valence-corrected chi connectivity index (χ2v) is 4.84. The van der Waals surface area contributed by atoms with E-state index >= 15 is 0 Å². The van der Waals surface area contributed by atoms with Gasteiger partial charge in [0, 0.05) is 35.5 Å². The Hall–Kier alpha value is -2.24. The molecule has 0 spiro atoms. The van der Waals surface area contributed by atoms with Crippen molar-refractivity contribution in [2.24, 2.45) is 0 Å². The van der Waals surface area contributed by atoms with E-state index in [4.69, 9.17) is 0 Å². The number of halogens is 4. The molecule has 1 aromatic carbocycles. The van der Waals surface area contributed by atoms with Gasteiger partial charge in [-0.15, -0.1) is 0 Å². The zero-order valence-electron chi connectivity index (χ0n) is 10.7. The van der Waals surface area contributed by atoms with Crippen LogP contribution in [0.4, 0.5) is 17.6 Å². The lowest BCUT2D eigenvalue weighted by Crippen LogP contribution is -2.06. The Morgan fingerprint density at radius 3 is 2.48 bits per heavy atom. The number of carbonyl (C=O) groups excluding carboxylic acids is 1. The Bertz CT molecular complexity index is 737. The maximum Gasteiger partial charge on any atom is 0.416 e. The highest BCUT2D eigenvalue weighted by Gasteiger charge is 2.32. The van der Waals surface area contributed by atoms with Crippen molar-refractivity contribution < 1.29 is 22.4 Å². The predicted molar refractivity (Wildman–Crippen MR) is 67.3 cm³/mol. The Kier molecular flexibility index (Phi) is 3.04. The monoisotopic (exact) mass is 295 g/mol. The van der Waals surface area contributed by atoms with Crippen LogP contribution >= 0.6 is 0 Å². The number of Topliss-reactive ketones (excluding diaryl/α,β-unsaturated/α-hetero) is 1.